The second-order valence-corrected chi connectivity index (χ2v) is 6.41. The van der Waals surface area contributed by atoms with Gasteiger partial charge in [-0.2, -0.15) is 5.10 Å². The Labute approximate surface area is 150 Å². The Morgan fingerprint density at radius 1 is 1.42 bits per heavy atom. The number of esters is 1. The van der Waals surface area contributed by atoms with Crippen LogP contribution in [0.4, 0.5) is 10.7 Å². The second-order valence-electron chi connectivity index (χ2n) is 6.41. The second kappa shape index (κ2) is 9.51. The zero-order valence-electron chi connectivity index (χ0n) is 15.3. The highest BCUT2D eigenvalue weighted by Gasteiger charge is 2.17. The zero-order chi connectivity index (χ0) is 19.7. The largest absolute Gasteiger partial charge is 0.468 e. The van der Waals surface area contributed by atoms with Crippen LogP contribution in [0.5, 0.6) is 0 Å². The van der Waals surface area contributed by atoms with Crippen LogP contribution in [-0.2, 0) is 9.53 Å². The lowest BCUT2D eigenvalue weighted by Crippen LogP contribution is -2.42. The van der Waals surface area contributed by atoms with Gasteiger partial charge < -0.3 is 19.0 Å². The van der Waals surface area contributed by atoms with E-state index in [1.807, 2.05) is 21.1 Å². The van der Waals surface area contributed by atoms with Crippen LogP contribution >= 0.6 is 0 Å². The Morgan fingerprint density at radius 3 is 2.65 bits per heavy atom. The molecule has 11 nitrogen and oxygen atoms in total. The molecule has 2 amide bonds. The van der Waals surface area contributed by atoms with E-state index in [1.165, 1.54) is 13.2 Å². The number of furan rings is 1. The third-order valence-electron chi connectivity index (χ3n) is 3.14. The first-order valence-electron chi connectivity index (χ1n) is 7.83. The van der Waals surface area contributed by atoms with Crippen LogP contribution in [-0.4, -0.2) is 80.5 Å². The molecule has 0 aliphatic rings. The number of carbonyl (C=O) groups is 2. The number of amides is 2. The maximum absolute atomic E-state index is 12.2. The first-order valence-corrected chi connectivity index (χ1v) is 7.83. The fourth-order valence-corrected chi connectivity index (χ4v) is 1.83. The standard InChI is InChI=1S/C15H23N5O6/c1-20(2,3)9-5-8-16-15(22)18(11-14(21)25-4)17-10-12-6-7-13(26-12)19(23)24/h6-7,10H,5,8-9,11H2,1-4H3/p+1/b17-10-. The van der Waals surface area contributed by atoms with E-state index in [0.717, 1.165) is 34.7 Å². The molecular formula is C15H24N5O6+. The molecule has 1 heterocycles. The van der Waals surface area contributed by atoms with Gasteiger partial charge in [-0.1, -0.05) is 0 Å². The third-order valence-corrected chi connectivity index (χ3v) is 3.14. The summed E-state index contributed by atoms with van der Waals surface area (Å²) >= 11 is 0. The Bertz CT molecular complexity index is 664. The highest BCUT2D eigenvalue weighted by atomic mass is 16.6. The van der Waals surface area contributed by atoms with E-state index in [9.17, 15) is 19.7 Å². The minimum absolute atomic E-state index is 0.0735. The van der Waals surface area contributed by atoms with Crippen molar-refractivity contribution in [1.82, 2.24) is 10.3 Å². The monoisotopic (exact) mass is 370 g/mol. The smallest absolute Gasteiger partial charge is 0.433 e. The predicted octanol–water partition coefficient (Wildman–Crippen LogP) is 0.803. The van der Waals surface area contributed by atoms with Crippen LogP contribution in [0.1, 0.15) is 12.2 Å². The van der Waals surface area contributed by atoms with E-state index in [0.29, 0.717) is 6.54 Å². The molecule has 0 aliphatic heterocycles. The van der Waals surface area contributed by atoms with Crippen molar-refractivity contribution in [3.63, 3.8) is 0 Å². The van der Waals surface area contributed by atoms with E-state index >= 15 is 0 Å². The summed E-state index contributed by atoms with van der Waals surface area (Å²) in [4.78, 5) is 33.6. The van der Waals surface area contributed by atoms with Crippen molar-refractivity contribution in [2.75, 3.05) is 47.9 Å². The molecule has 1 aromatic heterocycles. The number of ether oxygens (including phenoxy) is 1. The summed E-state index contributed by atoms with van der Waals surface area (Å²) in [5.74, 6) is -1.03. The molecule has 0 atom stereocenters. The van der Waals surface area contributed by atoms with Crippen LogP contribution in [0.3, 0.4) is 0 Å². The van der Waals surface area contributed by atoms with Gasteiger partial charge in [-0.05, 0) is 6.07 Å². The summed E-state index contributed by atoms with van der Waals surface area (Å²) in [5.41, 5.74) is 0. The van der Waals surface area contributed by atoms with E-state index in [-0.39, 0.29) is 5.76 Å². The number of nitrogens with one attached hydrogen (secondary N) is 1. The van der Waals surface area contributed by atoms with Gasteiger partial charge >= 0.3 is 17.9 Å². The zero-order valence-corrected chi connectivity index (χ0v) is 15.3. The summed E-state index contributed by atoms with van der Waals surface area (Å²) in [7, 11) is 7.31. The SMILES string of the molecule is COC(=O)CN(/N=C\c1ccc([N+](=O)[O-])o1)C(=O)NCCC[N+](C)(C)C. The van der Waals surface area contributed by atoms with Crippen LogP contribution in [0.2, 0.25) is 0 Å². The molecule has 0 bridgehead atoms. The maximum Gasteiger partial charge on any atom is 0.433 e. The van der Waals surface area contributed by atoms with E-state index < -0.39 is 29.4 Å². The molecule has 26 heavy (non-hydrogen) atoms. The van der Waals surface area contributed by atoms with Gasteiger partial charge in [0, 0.05) is 13.0 Å². The first kappa shape index (κ1) is 21.1. The first-order chi connectivity index (χ1) is 12.1. The molecule has 0 radical (unpaired) electrons. The fraction of sp³-hybridized carbons (Fsp3) is 0.533. The number of rotatable bonds is 9. The lowest BCUT2D eigenvalue weighted by atomic mass is 10.4. The molecule has 0 aliphatic carbocycles. The fourth-order valence-electron chi connectivity index (χ4n) is 1.83. The number of nitro groups is 1. The van der Waals surface area contributed by atoms with Gasteiger partial charge in [0.25, 0.3) is 0 Å². The van der Waals surface area contributed by atoms with Crippen molar-refractivity contribution in [2.24, 2.45) is 5.10 Å². The van der Waals surface area contributed by atoms with Gasteiger partial charge in [-0.25, -0.2) is 9.80 Å². The molecule has 144 valence electrons. The van der Waals surface area contributed by atoms with Gasteiger partial charge in [-0.15, -0.1) is 0 Å². The molecule has 11 heteroatoms. The van der Waals surface area contributed by atoms with Crippen molar-refractivity contribution >= 4 is 24.1 Å². The molecule has 1 aromatic rings. The summed E-state index contributed by atoms with van der Waals surface area (Å²) in [5, 5.41) is 18.0. The van der Waals surface area contributed by atoms with E-state index in [1.54, 1.807) is 0 Å². The average Bonchev–Trinajstić information content (AvgIpc) is 3.03. The summed E-state index contributed by atoms with van der Waals surface area (Å²) in [6.45, 7) is 0.862. The molecule has 1 rings (SSSR count). The highest BCUT2D eigenvalue weighted by Crippen LogP contribution is 2.14. The predicted molar refractivity (Wildman–Crippen MR) is 92.6 cm³/mol. The molecule has 1 N–H and O–H groups in total. The minimum Gasteiger partial charge on any atom is -0.468 e. The Balaban J connectivity index is 2.70. The molecule has 0 saturated carbocycles. The number of quaternary nitrogens is 1. The van der Waals surface area contributed by atoms with Gasteiger partial charge in [-0.3, -0.25) is 14.9 Å². The Hall–Kier alpha value is -2.95. The van der Waals surface area contributed by atoms with Crippen LogP contribution in [0, 0.1) is 10.1 Å². The van der Waals surface area contributed by atoms with Gasteiger partial charge in [0.2, 0.25) is 0 Å². The van der Waals surface area contributed by atoms with Crippen LogP contribution in [0.25, 0.3) is 0 Å². The van der Waals surface area contributed by atoms with Crippen LogP contribution < -0.4 is 5.32 Å². The third kappa shape index (κ3) is 7.75. The summed E-state index contributed by atoms with van der Waals surface area (Å²) in [6.07, 6.45) is 1.86. The van der Waals surface area contributed by atoms with Crippen molar-refractivity contribution in [3.05, 3.63) is 28.0 Å². The van der Waals surface area contributed by atoms with E-state index in [4.69, 9.17) is 4.42 Å². The van der Waals surface area contributed by atoms with Crippen molar-refractivity contribution in [1.29, 1.82) is 0 Å². The number of hydrazone groups is 1. The lowest BCUT2D eigenvalue weighted by molar-refractivity contribution is -0.870. The van der Waals surface area contributed by atoms with Crippen molar-refractivity contribution in [2.45, 2.75) is 6.42 Å². The lowest BCUT2D eigenvalue weighted by Gasteiger charge is -2.24. The number of hydrogen-bond acceptors (Lipinski definition) is 7. The molecule has 0 spiro atoms. The molecular weight excluding hydrogens is 346 g/mol. The molecule has 0 saturated heterocycles. The average molecular weight is 370 g/mol. The van der Waals surface area contributed by atoms with Crippen molar-refractivity contribution < 1.29 is 28.1 Å². The summed E-state index contributed by atoms with van der Waals surface area (Å²) in [6, 6.07) is 1.91. The Kier molecular flexibility index (Phi) is 7.72. The maximum atomic E-state index is 12.2. The van der Waals surface area contributed by atoms with Gasteiger partial charge in [0.15, 0.2) is 5.76 Å². The topological polar surface area (TPSA) is 127 Å². The normalized spacial score (nSPS) is 11.4. The molecule has 0 fully saturated rings. The summed E-state index contributed by atoms with van der Waals surface area (Å²) < 4.78 is 10.2. The van der Waals surface area contributed by atoms with Crippen molar-refractivity contribution in [3.8, 4) is 0 Å². The van der Waals surface area contributed by atoms with E-state index in [2.05, 4.69) is 15.2 Å². The molecule has 0 aromatic carbocycles. The molecule has 0 unspecified atom stereocenters. The Morgan fingerprint density at radius 2 is 2.12 bits per heavy atom. The van der Waals surface area contributed by atoms with Gasteiger partial charge in [0.1, 0.15) is 11.5 Å². The minimum atomic E-state index is -0.690. The number of hydrogen-bond donors (Lipinski definition) is 1. The highest BCUT2D eigenvalue weighted by molar-refractivity contribution is 5.83. The number of carbonyl (C=O) groups excluding carboxylic acids is 2. The number of nitrogens with zero attached hydrogens (tertiary/aromatic N) is 4. The number of urea groups is 1. The van der Waals surface area contributed by atoms with Crippen LogP contribution in [0.15, 0.2) is 21.7 Å². The quantitative estimate of drug-likeness (QED) is 0.171. The van der Waals surface area contributed by atoms with Gasteiger partial charge in [0.05, 0.1) is 47.1 Å². The number of methoxy groups -OCH3 is 1.